The molecule has 0 bridgehead atoms. The summed E-state index contributed by atoms with van der Waals surface area (Å²) in [5.74, 6) is -1.95. The predicted octanol–water partition coefficient (Wildman–Crippen LogP) is -0.252. The Balaban J connectivity index is 2.22. The molecule has 0 aliphatic carbocycles. The standard InChI is InChI=1S/C14H14N2O6/c1-22-11-4-7(6-17)8(5-10(11)18)13(20)15-9-2-3-12(19)16-14(9)21/h4-6,9,18H,2-3H2,1H3,(H,15,20)(H,16,19,21). The zero-order valence-electron chi connectivity index (χ0n) is 11.7. The Hall–Kier alpha value is -2.90. The number of hydrogen-bond acceptors (Lipinski definition) is 6. The summed E-state index contributed by atoms with van der Waals surface area (Å²) in [4.78, 5) is 45.9. The summed E-state index contributed by atoms with van der Waals surface area (Å²) in [7, 11) is 1.31. The monoisotopic (exact) mass is 306 g/mol. The van der Waals surface area contributed by atoms with E-state index in [1.54, 1.807) is 0 Å². The number of ether oxygens (including phenoxy) is 1. The van der Waals surface area contributed by atoms with E-state index in [1.165, 1.54) is 13.2 Å². The number of phenolic OH excluding ortho intramolecular Hbond substituents is 1. The van der Waals surface area contributed by atoms with Crippen molar-refractivity contribution in [2.45, 2.75) is 18.9 Å². The molecular weight excluding hydrogens is 292 g/mol. The van der Waals surface area contributed by atoms with E-state index in [-0.39, 0.29) is 35.5 Å². The van der Waals surface area contributed by atoms with Crippen molar-refractivity contribution in [3.63, 3.8) is 0 Å². The molecule has 3 N–H and O–H groups in total. The van der Waals surface area contributed by atoms with Crippen LogP contribution in [0.1, 0.15) is 33.6 Å². The molecular formula is C14H14N2O6. The van der Waals surface area contributed by atoms with Crippen LogP contribution in [0.5, 0.6) is 11.5 Å². The van der Waals surface area contributed by atoms with E-state index in [0.717, 1.165) is 6.07 Å². The Kier molecular flexibility index (Phi) is 4.40. The molecule has 0 saturated carbocycles. The molecule has 1 saturated heterocycles. The number of carbonyl (C=O) groups excluding carboxylic acids is 4. The number of carbonyl (C=O) groups is 4. The molecule has 0 spiro atoms. The number of methoxy groups -OCH3 is 1. The lowest BCUT2D eigenvalue weighted by Gasteiger charge is -2.22. The summed E-state index contributed by atoms with van der Waals surface area (Å²) in [6.07, 6.45) is 0.737. The van der Waals surface area contributed by atoms with Crippen LogP contribution in [0.4, 0.5) is 0 Å². The Bertz CT molecular complexity index is 655. The Morgan fingerprint density at radius 1 is 1.45 bits per heavy atom. The molecule has 1 aliphatic heterocycles. The van der Waals surface area contributed by atoms with Gasteiger partial charge in [0.1, 0.15) is 6.04 Å². The van der Waals surface area contributed by atoms with Crippen molar-refractivity contribution in [1.82, 2.24) is 10.6 Å². The summed E-state index contributed by atoms with van der Waals surface area (Å²) in [6, 6.07) is 1.44. The van der Waals surface area contributed by atoms with E-state index >= 15 is 0 Å². The molecule has 1 unspecified atom stereocenters. The van der Waals surface area contributed by atoms with Gasteiger partial charge in [-0.3, -0.25) is 24.5 Å². The summed E-state index contributed by atoms with van der Waals surface area (Å²) in [5, 5.41) is 14.3. The van der Waals surface area contributed by atoms with Crippen molar-refractivity contribution in [3.05, 3.63) is 23.3 Å². The largest absolute Gasteiger partial charge is 0.504 e. The molecule has 116 valence electrons. The molecule has 8 nitrogen and oxygen atoms in total. The summed E-state index contributed by atoms with van der Waals surface area (Å²) >= 11 is 0. The second-order valence-corrected chi connectivity index (χ2v) is 4.71. The second kappa shape index (κ2) is 6.25. The third kappa shape index (κ3) is 3.05. The summed E-state index contributed by atoms with van der Waals surface area (Å²) in [5.41, 5.74) is -0.0718. The fraction of sp³-hybridized carbons (Fsp3) is 0.286. The molecule has 1 aromatic rings. The van der Waals surface area contributed by atoms with Gasteiger partial charge >= 0.3 is 0 Å². The number of aromatic hydroxyl groups is 1. The van der Waals surface area contributed by atoms with Crippen molar-refractivity contribution >= 4 is 24.0 Å². The normalized spacial score (nSPS) is 17.6. The lowest BCUT2D eigenvalue weighted by atomic mass is 10.0. The number of benzene rings is 1. The highest BCUT2D eigenvalue weighted by molar-refractivity contribution is 6.06. The number of nitrogens with one attached hydrogen (secondary N) is 2. The van der Waals surface area contributed by atoms with E-state index in [0.29, 0.717) is 6.29 Å². The Morgan fingerprint density at radius 3 is 2.77 bits per heavy atom. The van der Waals surface area contributed by atoms with Gasteiger partial charge in [-0.25, -0.2) is 0 Å². The molecule has 8 heteroatoms. The van der Waals surface area contributed by atoms with Gasteiger partial charge in [0, 0.05) is 12.0 Å². The van der Waals surface area contributed by atoms with Gasteiger partial charge < -0.3 is 15.2 Å². The quantitative estimate of drug-likeness (QED) is 0.521. The Labute approximate surface area is 125 Å². The average molecular weight is 306 g/mol. The van der Waals surface area contributed by atoms with Crippen molar-refractivity contribution < 1.29 is 29.0 Å². The van der Waals surface area contributed by atoms with Gasteiger partial charge in [-0.05, 0) is 18.6 Å². The first-order chi connectivity index (χ1) is 10.5. The third-order valence-electron chi connectivity index (χ3n) is 3.27. The molecule has 0 radical (unpaired) electrons. The fourth-order valence-electron chi connectivity index (χ4n) is 2.11. The number of hydrogen-bond donors (Lipinski definition) is 3. The van der Waals surface area contributed by atoms with E-state index in [4.69, 9.17) is 4.74 Å². The van der Waals surface area contributed by atoms with Gasteiger partial charge in [-0.2, -0.15) is 0 Å². The Morgan fingerprint density at radius 2 is 2.18 bits per heavy atom. The van der Waals surface area contributed by atoms with E-state index in [2.05, 4.69) is 10.6 Å². The highest BCUT2D eigenvalue weighted by atomic mass is 16.5. The van der Waals surface area contributed by atoms with Gasteiger partial charge in [0.2, 0.25) is 11.8 Å². The van der Waals surface area contributed by atoms with Crippen molar-refractivity contribution in [3.8, 4) is 11.5 Å². The zero-order valence-corrected chi connectivity index (χ0v) is 11.7. The second-order valence-electron chi connectivity index (χ2n) is 4.71. The highest BCUT2D eigenvalue weighted by Crippen LogP contribution is 2.28. The SMILES string of the molecule is COc1cc(C=O)c(C(=O)NC2CCC(=O)NC2=O)cc1O. The van der Waals surface area contributed by atoms with Crippen LogP contribution in [-0.2, 0) is 9.59 Å². The summed E-state index contributed by atoms with van der Waals surface area (Å²) < 4.78 is 4.86. The minimum Gasteiger partial charge on any atom is -0.504 e. The minimum absolute atomic E-state index is 0.0134. The number of amides is 3. The summed E-state index contributed by atoms with van der Waals surface area (Å²) in [6.45, 7) is 0. The van der Waals surface area contributed by atoms with Crippen LogP contribution in [0.3, 0.4) is 0 Å². The van der Waals surface area contributed by atoms with Crippen molar-refractivity contribution in [2.24, 2.45) is 0 Å². The van der Waals surface area contributed by atoms with Crippen molar-refractivity contribution in [1.29, 1.82) is 0 Å². The van der Waals surface area contributed by atoms with Crippen molar-refractivity contribution in [2.75, 3.05) is 7.11 Å². The maximum atomic E-state index is 12.2. The van der Waals surface area contributed by atoms with Crippen LogP contribution >= 0.6 is 0 Å². The van der Waals surface area contributed by atoms with Crippen LogP contribution in [-0.4, -0.2) is 42.3 Å². The molecule has 1 aliphatic rings. The van der Waals surface area contributed by atoms with Crippen LogP contribution in [0, 0.1) is 0 Å². The number of piperidine rings is 1. The average Bonchev–Trinajstić information content (AvgIpc) is 2.49. The van der Waals surface area contributed by atoms with Gasteiger partial charge in [0.15, 0.2) is 17.8 Å². The van der Waals surface area contributed by atoms with Crippen LogP contribution < -0.4 is 15.4 Å². The highest BCUT2D eigenvalue weighted by Gasteiger charge is 2.29. The maximum absolute atomic E-state index is 12.2. The first kappa shape index (κ1) is 15.5. The van der Waals surface area contributed by atoms with Crippen LogP contribution in [0.2, 0.25) is 0 Å². The first-order valence-corrected chi connectivity index (χ1v) is 6.47. The molecule has 1 aromatic carbocycles. The smallest absolute Gasteiger partial charge is 0.252 e. The molecule has 22 heavy (non-hydrogen) atoms. The minimum atomic E-state index is -0.867. The lowest BCUT2D eigenvalue weighted by molar-refractivity contribution is -0.134. The fourth-order valence-corrected chi connectivity index (χ4v) is 2.11. The van der Waals surface area contributed by atoms with E-state index in [1.807, 2.05) is 0 Å². The molecule has 1 heterocycles. The number of aldehydes is 1. The van der Waals surface area contributed by atoms with E-state index < -0.39 is 23.8 Å². The van der Waals surface area contributed by atoms with Crippen LogP contribution in [0.25, 0.3) is 0 Å². The first-order valence-electron chi connectivity index (χ1n) is 6.47. The van der Waals surface area contributed by atoms with E-state index in [9.17, 15) is 24.3 Å². The number of imide groups is 1. The molecule has 2 rings (SSSR count). The molecule has 1 atom stereocenters. The van der Waals surface area contributed by atoms with Gasteiger partial charge in [-0.15, -0.1) is 0 Å². The maximum Gasteiger partial charge on any atom is 0.252 e. The predicted molar refractivity (Wildman–Crippen MR) is 73.7 cm³/mol. The zero-order chi connectivity index (χ0) is 16.3. The number of phenols is 1. The topological polar surface area (TPSA) is 122 Å². The van der Waals surface area contributed by atoms with Gasteiger partial charge in [0.25, 0.3) is 5.91 Å². The lowest BCUT2D eigenvalue weighted by Crippen LogP contribution is -2.52. The molecule has 3 amide bonds. The molecule has 1 fully saturated rings. The number of rotatable bonds is 4. The van der Waals surface area contributed by atoms with Gasteiger partial charge in [-0.1, -0.05) is 0 Å². The van der Waals surface area contributed by atoms with Gasteiger partial charge in [0.05, 0.1) is 12.7 Å². The molecule has 0 aromatic heterocycles. The van der Waals surface area contributed by atoms with Crippen LogP contribution in [0.15, 0.2) is 12.1 Å². The third-order valence-corrected chi connectivity index (χ3v) is 3.27.